The molecular weight excluding hydrogens is 288 g/mol. The van der Waals surface area contributed by atoms with Crippen molar-refractivity contribution in [2.45, 2.75) is 6.92 Å². The minimum Gasteiger partial charge on any atom is -0.461 e. The molecular formula is C16H13ClN2O2. The summed E-state index contributed by atoms with van der Waals surface area (Å²) in [5.74, 6) is -0.398. The van der Waals surface area contributed by atoms with Crippen molar-refractivity contribution in [3.8, 4) is 11.3 Å². The molecule has 3 rings (SSSR count). The Bertz CT molecular complexity index is 797. The average Bonchev–Trinajstić information content (AvgIpc) is 2.87. The van der Waals surface area contributed by atoms with Gasteiger partial charge in [-0.15, -0.1) is 0 Å². The topological polar surface area (TPSA) is 55.0 Å². The number of carbonyl (C=O) groups is 1. The third kappa shape index (κ3) is 2.50. The number of nitrogens with one attached hydrogen (secondary N) is 1. The summed E-state index contributed by atoms with van der Waals surface area (Å²) < 4.78 is 5.12. The second kappa shape index (κ2) is 5.58. The Morgan fingerprint density at radius 2 is 2.19 bits per heavy atom. The summed E-state index contributed by atoms with van der Waals surface area (Å²) in [6.45, 7) is 2.09. The monoisotopic (exact) mass is 300 g/mol. The summed E-state index contributed by atoms with van der Waals surface area (Å²) >= 11 is 6.02. The van der Waals surface area contributed by atoms with Crippen molar-refractivity contribution in [3.05, 3.63) is 53.3 Å². The molecule has 0 unspecified atom stereocenters. The van der Waals surface area contributed by atoms with Gasteiger partial charge >= 0.3 is 5.97 Å². The number of ether oxygens (including phenoxy) is 1. The van der Waals surface area contributed by atoms with Crippen molar-refractivity contribution in [1.82, 2.24) is 9.97 Å². The number of halogens is 1. The molecule has 106 valence electrons. The SMILES string of the molecule is CCOC(=O)c1[nH]c2cc(Cl)ccc2c1-c1ccccn1. The fraction of sp³-hybridized carbons (Fsp3) is 0.125. The lowest BCUT2D eigenvalue weighted by Gasteiger charge is -2.04. The predicted molar refractivity (Wildman–Crippen MR) is 82.5 cm³/mol. The normalized spacial score (nSPS) is 10.8. The van der Waals surface area contributed by atoms with Crippen LogP contribution in [0, 0.1) is 0 Å². The van der Waals surface area contributed by atoms with Gasteiger partial charge in [-0.1, -0.05) is 23.7 Å². The van der Waals surface area contributed by atoms with E-state index < -0.39 is 5.97 Å². The van der Waals surface area contributed by atoms with E-state index in [2.05, 4.69) is 9.97 Å². The molecule has 0 amide bonds. The number of aromatic amines is 1. The Hall–Kier alpha value is -2.33. The van der Waals surface area contributed by atoms with Gasteiger partial charge in [0.05, 0.1) is 12.3 Å². The number of rotatable bonds is 3. The van der Waals surface area contributed by atoms with Crippen molar-refractivity contribution in [3.63, 3.8) is 0 Å². The van der Waals surface area contributed by atoms with Gasteiger partial charge in [-0.05, 0) is 31.2 Å². The number of esters is 1. The van der Waals surface area contributed by atoms with Crippen LogP contribution in [0.25, 0.3) is 22.2 Å². The molecule has 1 aromatic carbocycles. The van der Waals surface area contributed by atoms with E-state index in [1.165, 1.54) is 0 Å². The Morgan fingerprint density at radius 3 is 2.90 bits per heavy atom. The van der Waals surface area contributed by atoms with Crippen LogP contribution in [0.5, 0.6) is 0 Å². The van der Waals surface area contributed by atoms with Gasteiger partial charge in [0.2, 0.25) is 0 Å². The maximum atomic E-state index is 12.2. The Labute approximate surface area is 126 Å². The maximum absolute atomic E-state index is 12.2. The molecule has 0 aliphatic carbocycles. The second-order valence-electron chi connectivity index (χ2n) is 4.50. The quantitative estimate of drug-likeness (QED) is 0.742. The fourth-order valence-electron chi connectivity index (χ4n) is 2.30. The molecule has 0 saturated heterocycles. The lowest BCUT2D eigenvalue weighted by Crippen LogP contribution is -2.06. The van der Waals surface area contributed by atoms with E-state index in [0.29, 0.717) is 23.0 Å². The zero-order chi connectivity index (χ0) is 14.8. The van der Waals surface area contributed by atoms with E-state index >= 15 is 0 Å². The van der Waals surface area contributed by atoms with Gasteiger partial charge in [-0.3, -0.25) is 4.98 Å². The predicted octanol–water partition coefficient (Wildman–Crippen LogP) is 4.06. The van der Waals surface area contributed by atoms with Crippen LogP contribution in [-0.4, -0.2) is 22.5 Å². The molecule has 3 aromatic rings. The third-order valence-electron chi connectivity index (χ3n) is 3.16. The highest BCUT2D eigenvalue weighted by molar-refractivity contribution is 6.31. The summed E-state index contributed by atoms with van der Waals surface area (Å²) in [7, 11) is 0. The number of fused-ring (bicyclic) bond motifs is 1. The van der Waals surface area contributed by atoms with Gasteiger partial charge in [-0.2, -0.15) is 0 Å². The van der Waals surface area contributed by atoms with Crippen LogP contribution in [0.1, 0.15) is 17.4 Å². The molecule has 0 atom stereocenters. The zero-order valence-corrected chi connectivity index (χ0v) is 12.1. The first-order valence-corrected chi connectivity index (χ1v) is 6.98. The van der Waals surface area contributed by atoms with Crippen LogP contribution in [-0.2, 0) is 4.74 Å². The van der Waals surface area contributed by atoms with E-state index in [1.807, 2.05) is 24.3 Å². The smallest absolute Gasteiger partial charge is 0.355 e. The molecule has 2 heterocycles. The van der Waals surface area contributed by atoms with Gasteiger partial charge in [0.15, 0.2) is 0 Å². The fourth-order valence-corrected chi connectivity index (χ4v) is 2.47. The largest absolute Gasteiger partial charge is 0.461 e. The lowest BCUT2D eigenvalue weighted by atomic mass is 10.1. The summed E-state index contributed by atoms with van der Waals surface area (Å²) in [5, 5.41) is 1.49. The first-order valence-electron chi connectivity index (χ1n) is 6.60. The highest BCUT2D eigenvalue weighted by atomic mass is 35.5. The number of nitrogens with zero attached hydrogens (tertiary/aromatic N) is 1. The molecule has 0 bridgehead atoms. The van der Waals surface area contributed by atoms with E-state index in [0.717, 1.165) is 16.5 Å². The van der Waals surface area contributed by atoms with Crippen LogP contribution in [0.2, 0.25) is 5.02 Å². The van der Waals surface area contributed by atoms with E-state index in [-0.39, 0.29) is 0 Å². The van der Waals surface area contributed by atoms with E-state index in [9.17, 15) is 4.79 Å². The molecule has 0 fully saturated rings. The molecule has 0 radical (unpaired) electrons. The maximum Gasteiger partial charge on any atom is 0.355 e. The third-order valence-corrected chi connectivity index (χ3v) is 3.40. The van der Waals surface area contributed by atoms with Crippen LogP contribution in [0.3, 0.4) is 0 Å². The number of H-pyrrole nitrogens is 1. The molecule has 0 aliphatic heterocycles. The Kier molecular flexibility index (Phi) is 3.62. The molecule has 4 nitrogen and oxygen atoms in total. The molecule has 0 saturated carbocycles. The van der Waals surface area contributed by atoms with Crippen molar-refractivity contribution in [1.29, 1.82) is 0 Å². The number of hydrogen-bond acceptors (Lipinski definition) is 3. The van der Waals surface area contributed by atoms with Crippen LogP contribution < -0.4 is 0 Å². The van der Waals surface area contributed by atoms with Crippen molar-refractivity contribution in [2.75, 3.05) is 6.61 Å². The molecule has 1 N–H and O–H groups in total. The standard InChI is InChI=1S/C16H13ClN2O2/c1-2-21-16(20)15-14(12-5-3-4-8-18-12)11-7-6-10(17)9-13(11)19-15/h3-9,19H,2H2,1H3. The number of pyridine rings is 1. The molecule has 0 spiro atoms. The minimum atomic E-state index is -0.398. The second-order valence-corrected chi connectivity index (χ2v) is 4.94. The van der Waals surface area contributed by atoms with Gasteiger partial charge in [0, 0.05) is 27.7 Å². The number of carbonyl (C=O) groups excluding carboxylic acids is 1. The first-order chi connectivity index (χ1) is 10.2. The Balaban J connectivity index is 2.28. The van der Waals surface area contributed by atoms with Crippen LogP contribution in [0.15, 0.2) is 42.6 Å². The lowest BCUT2D eigenvalue weighted by molar-refractivity contribution is 0.0521. The number of aromatic nitrogens is 2. The van der Waals surface area contributed by atoms with Crippen LogP contribution in [0.4, 0.5) is 0 Å². The highest BCUT2D eigenvalue weighted by Gasteiger charge is 2.20. The summed E-state index contributed by atoms with van der Waals surface area (Å²) in [6, 6.07) is 11.0. The van der Waals surface area contributed by atoms with Crippen molar-refractivity contribution in [2.24, 2.45) is 0 Å². The molecule has 2 aromatic heterocycles. The van der Waals surface area contributed by atoms with Gasteiger partial charge < -0.3 is 9.72 Å². The first kappa shape index (κ1) is 13.6. The zero-order valence-electron chi connectivity index (χ0n) is 11.4. The van der Waals surface area contributed by atoms with Gasteiger partial charge in [-0.25, -0.2) is 4.79 Å². The van der Waals surface area contributed by atoms with Crippen molar-refractivity contribution >= 4 is 28.5 Å². The molecule has 5 heteroatoms. The van der Waals surface area contributed by atoms with Crippen molar-refractivity contribution < 1.29 is 9.53 Å². The molecule has 0 aliphatic rings. The van der Waals surface area contributed by atoms with E-state index in [1.54, 1.807) is 25.3 Å². The Morgan fingerprint density at radius 1 is 1.33 bits per heavy atom. The molecule has 21 heavy (non-hydrogen) atoms. The number of benzene rings is 1. The van der Waals surface area contributed by atoms with Gasteiger partial charge in [0.1, 0.15) is 5.69 Å². The summed E-state index contributed by atoms with van der Waals surface area (Å²) in [6.07, 6.45) is 1.69. The van der Waals surface area contributed by atoms with Crippen LogP contribution >= 0.6 is 11.6 Å². The van der Waals surface area contributed by atoms with E-state index in [4.69, 9.17) is 16.3 Å². The van der Waals surface area contributed by atoms with Gasteiger partial charge in [0.25, 0.3) is 0 Å². The number of hydrogen-bond donors (Lipinski definition) is 1. The average molecular weight is 301 g/mol. The highest BCUT2D eigenvalue weighted by Crippen LogP contribution is 2.33. The summed E-state index contributed by atoms with van der Waals surface area (Å²) in [4.78, 5) is 19.6. The summed E-state index contributed by atoms with van der Waals surface area (Å²) in [5.41, 5.74) is 2.63. The minimum absolute atomic E-state index is 0.316.